The third-order valence-electron chi connectivity index (χ3n) is 12.2. The number of aliphatic carboxylic acids is 1. The number of carboxylic acid groups (broad SMARTS) is 1. The first-order valence-corrected chi connectivity index (χ1v) is 22.6. The van der Waals surface area contributed by atoms with E-state index in [2.05, 4.69) is 0 Å². The Labute approximate surface area is 381 Å². The van der Waals surface area contributed by atoms with Crippen LogP contribution in [0.25, 0.3) is 0 Å². The summed E-state index contributed by atoms with van der Waals surface area (Å²) in [7, 11) is 0. The molecule has 3 rings (SSSR count). The standard InChI is InChI=1S/C47H75NO17/c1-27-17-15-13-11-9-7-5-6-8-10-12-14-16-18-34(64-46-44(58)41(48)43(57)30(4)63-46)24-38-40(45(59)60)37(54)26-47(61,65-38)25-33(51)22-36(53)35(52)20-19-31(49)21-32(50)23-39(55)62-29(3)28(2)42(27)56/h5-6,8,10-18,27-38,40-44,46,49-54,56-58,61H,7,9,19-26,48H2,1-4H3,(H,59,60)/b6-5+,10-8+,13-11+,14-12+,17-15+,18-16+/t27-,28-,29-,30+,31+,32+,33-,34-,35+,36+,37-,38-,40+,41-,42+,43+,44-,46-,47+/m0/s1. The molecule has 0 radical (unpaired) electrons. The van der Waals surface area contributed by atoms with Gasteiger partial charge in [-0.3, -0.25) is 9.59 Å². The molecule has 2 bridgehead atoms. The minimum atomic E-state index is -2.32. The Balaban J connectivity index is 1.84. The summed E-state index contributed by atoms with van der Waals surface area (Å²) in [6, 6.07) is -1.14. The molecule has 0 amide bonds. The predicted octanol–water partition coefficient (Wildman–Crippen LogP) is 0.936. The van der Waals surface area contributed by atoms with Crippen molar-refractivity contribution in [2.45, 2.75) is 189 Å². The van der Waals surface area contributed by atoms with Gasteiger partial charge < -0.3 is 80.9 Å². The van der Waals surface area contributed by atoms with Crippen molar-refractivity contribution in [1.29, 1.82) is 0 Å². The largest absolute Gasteiger partial charge is 0.481 e. The third-order valence-corrected chi connectivity index (χ3v) is 12.2. The first-order chi connectivity index (χ1) is 30.6. The molecule has 65 heavy (non-hydrogen) atoms. The number of nitrogens with two attached hydrogens (primary N) is 1. The van der Waals surface area contributed by atoms with Crippen LogP contribution in [-0.4, -0.2) is 166 Å². The van der Waals surface area contributed by atoms with E-state index in [4.69, 9.17) is 24.7 Å². The number of carbonyl (C=O) groups excluding carboxylic acids is 1. The van der Waals surface area contributed by atoms with Crippen LogP contribution in [-0.2, 0) is 28.5 Å². The third kappa shape index (κ3) is 18.8. The molecule has 0 aromatic carbocycles. The Hall–Kier alpha value is -3.18. The fraction of sp³-hybridized carbons (Fsp3) is 0.702. The highest BCUT2D eigenvalue weighted by Gasteiger charge is 2.51. The van der Waals surface area contributed by atoms with Gasteiger partial charge in [0.25, 0.3) is 0 Å². The Morgan fingerprint density at radius 3 is 1.97 bits per heavy atom. The minimum absolute atomic E-state index is 0.103. The molecule has 0 aliphatic carbocycles. The first-order valence-electron chi connectivity index (χ1n) is 22.6. The maximum atomic E-state index is 12.6. The quantitative estimate of drug-likeness (QED) is 0.175. The number of aliphatic hydroxyl groups is 10. The molecule has 18 nitrogen and oxygen atoms in total. The van der Waals surface area contributed by atoms with Gasteiger partial charge in [0.1, 0.15) is 18.1 Å². The van der Waals surface area contributed by atoms with E-state index in [0.29, 0.717) is 0 Å². The first kappa shape index (κ1) is 56.1. The number of allylic oxidation sites excluding steroid dienone is 10. The molecule has 0 unspecified atom stereocenters. The lowest BCUT2D eigenvalue weighted by molar-refractivity contribution is -0.308. The molecule has 0 aromatic heterocycles. The van der Waals surface area contributed by atoms with Crippen molar-refractivity contribution in [3.8, 4) is 0 Å². The van der Waals surface area contributed by atoms with Gasteiger partial charge in [-0.25, -0.2) is 0 Å². The van der Waals surface area contributed by atoms with Crippen LogP contribution in [0.3, 0.4) is 0 Å². The number of aliphatic hydroxyl groups excluding tert-OH is 9. The fourth-order valence-corrected chi connectivity index (χ4v) is 8.13. The van der Waals surface area contributed by atoms with E-state index in [1.807, 2.05) is 49.5 Å². The van der Waals surface area contributed by atoms with Crippen molar-refractivity contribution in [3.05, 3.63) is 72.9 Å². The van der Waals surface area contributed by atoms with Crippen LogP contribution in [0, 0.1) is 17.8 Å². The van der Waals surface area contributed by atoms with E-state index >= 15 is 0 Å². The molecule has 3 aliphatic rings. The number of carbonyl (C=O) groups is 2. The number of hydrogen-bond acceptors (Lipinski definition) is 17. The number of hydrogen-bond donors (Lipinski definition) is 12. The van der Waals surface area contributed by atoms with E-state index in [1.54, 1.807) is 38.2 Å². The molecule has 19 atom stereocenters. The molecule has 0 saturated carbocycles. The van der Waals surface area contributed by atoms with E-state index in [0.717, 1.165) is 12.8 Å². The Bertz CT molecular complexity index is 1620. The number of rotatable bonds is 3. The average Bonchev–Trinajstić information content (AvgIpc) is 3.21. The fourth-order valence-electron chi connectivity index (χ4n) is 8.13. The highest BCUT2D eigenvalue weighted by atomic mass is 16.7. The summed E-state index contributed by atoms with van der Waals surface area (Å²) in [6.07, 6.45) is 2.26. The summed E-state index contributed by atoms with van der Waals surface area (Å²) >= 11 is 0. The van der Waals surface area contributed by atoms with E-state index in [9.17, 15) is 65.8 Å². The minimum Gasteiger partial charge on any atom is -0.481 e. The molecule has 3 heterocycles. The van der Waals surface area contributed by atoms with Gasteiger partial charge in [-0.05, 0) is 46.0 Å². The highest BCUT2D eigenvalue weighted by Crippen LogP contribution is 2.38. The second-order valence-corrected chi connectivity index (χ2v) is 17.8. The topological polar surface area (TPSA) is 320 Å². The monoisotopic (exact) mass is 926 g/mol. The lowest BCUT2D eigenvalue weighted by Gasteiger charge is -2.45. The summed E-state index contributed by atoms with van der Waals surface area (Å²) in [5.41, 5.74) is 6.02. The zero-order chi connectivity index (χ0) is 48.4. The van der Waals surface area contributed by atoms with Crippen molar-refractivity contribution < 1.29 is 84.7 Å². The molecule has 370 valence electrons. The molecule has 2 fully saturated rings. The van der Waals surface area contributed by atoms with Crippen molar-refractivity contribution in [3.63, 3.8) is 0 Å². The van der Waals surface area contributed by atoms with Gasteiger partial charge in [0, 0.05) is 37.5 Å². The van der Waals surface area contributed by atoms with Crippen LogP contribution in [0.4, 0.5) is 0 Å². The number of carboxylic acids is 1. The van der Waals surface area contributed by atoms with Gasteiger partial charge in [-0.1, -0.05) is 86.8 Å². The summed E-state index contributed by atoms with van der Waals surface area (Å²) in [5.74, 6) is -6.77. The van der Waals surface area contributed by atoms with Gasteiger partial charge in [0.2, 0.25) is 0 Å². The zero-order valence-electron chi connectivity index (χ0n) is 37.8. The smallest absolute Gasteiger partial charge is 0.311 e. The normalized spacial score (nSPS) is 45.2. The second kappa shape index (κ2) is 27.6. The van der Waals surface area contributed by atoms with Crippen molar-refractivity contribution in [2.75, 3.05) is 0 Å². The van der Waals surface area contributed by atoms with Crippen LogP contribution in [0.2, 0.25) is 0 Å². The molecule has 0 aromatic rings. The average molecular weight is 926 g/mol. The molecule has 3 aliphatic heterocycles. The summed E-state index contributed by atoms with van der Waals surface area (Å²) in [4.78, 5) is 25.1. The maximum absolute atomic E-state index is 12.6. The molecular formula is C47H75NO17. The SMILES string of the molecule is C[C@@H]1[C@H](O)[C@@H](C)/C=C/C=C/CC/C=C/C=C/C=C/C=C/[C@H](O[C@@H]2O[C@H](C)[C@@H](O)[C@H](N)[C@@H]2O)C[C@@H]2O[C@](O)(C[C@@H](O)C[C@@H](O)[C@H](O)CC[C@@H](O)C[C@@H](O)CC(=O)O[C@H]1C)C[C@H](O)[C@H]2C(=O)O. The zero-order valence-corrected chi connectivity index (χ0v) is 37.8. The lowest BCUT2D eigenvalue weighted by Crippen LogP contribution is -2.61. The molecular weight excluding hydrogens is 851 g/mol. The van der Waals surface area contributed by atoms with Crippen LogP contribution < -0.4 is 5.73 Å². The molecule has 0 spiro atoms. The van der Waals surface area contributed by atoms with Crippen molar-refractivity contribution in [1.82, 2.24) is 0 Å². The predicted molar refractivity (Wildman–Crippen MR) is 237 cm³/mol. The molecule has 13 N–H and O–H groups in total. The number of ether oxygens (including phenoxy) is 4. The van der Waals surface area contributed by atoms with Crippen LogP contribution in [0.1, 0.15) is 91.9 Å². The van der Waals surface area contributed by atoms with Crippen LogP contribution in [0.15, 0.2) is 72.9 Å². The summed E-state index contributed by atoms with van der Waals surface area (Å²) in [5, 5.41) is 118. The van der Waals surface area contributed by atoms with Crippen molar-refractivity contribution >= 4 is 11.9 Å². The highest BCUT2D eigenvalue weighted by molar-refractivity contribution is 5.71. The summed E-state index contributed by atoms with van der Waals surface area (Å²) < 4.78 is 23.2. The Morgan fingerprint density at radius 1 is 0.692 bits per heavy atom. The lowest BCUT2D eigenvalue weighted by atomic mass is 9.82. The number of fused-ring (bicyclic) bond motifs is 2. The van der Waals surface area contributed by atoms with Gasteiger partial charge in [-0.15, -0.1) is 0 Å². The summed E-state index contributed by atoms with van der Waals surface area (Å²) in [6.45, 7) is 6.78. The van der Waals surface area contributed by atoms with E-state index < -0.39 is 147 Å². The van der Waals surface area contributed by atoms with Gasteiger partial charge >= 0.3 is 11.9 Å². The second-order valence-electron chi connectivity index (χ2n) is 17.8. The van der Waals surface area contributed by atoms with E-state index in [-0.39, 0.29) is 31.6 Å². The maximum Gasteiger partial charge on any atom is 0.311 e. The molecule has 2 saturated heterocycles. The number of cyclic esters (lactones) is 1. The Morgan fingerprint density at radius 2 is 1.31 bits per heavy atom. The van der Waals surface area contributed by atoms with Gasteiger partial charge in [-0.2, -0.15) is 0 Å². The van der Waals surface area contributed by atoms with Crippen LogP contribution >= 0.6 is 0 Å². The van der Waals surface area contributed by atoms with Gasteiger partial charge in [0.05, 0.1) is 79.6 Å². The van der Waals surface area contributed by atoms with Gasteiger partial charge in [0.15, 0.2) is 12.1 Å². The number of esters is 1. The Kier molecular flexibility index (Phi) is 23.8. The van der Waals surface area contributed by atoms with E-state index in [1.165, 1.54) is 13.0 Å². The van der Waals surface area contributed by atoms with Crippen molar-refractivity contribution in [2.24, 2.45) is 23.5 Å². The molecule has 18 heteroatoms. The van der Waals surface area contributed by atoms with Crippen LogP contribution in [0.5, 0.6) is 0 Å².